The van der Waals surface area contributed by atoms with Crippen molar-refractivity contribution in [1.29, 1.82) is 0 Å². The molecule has 6 heteroatoms. The molecule has 0 radical (unpaired) electrons. The lowest BCUT2D eigenvalue weighted by atomic mass is 10.0. The van der Waals surface area contributed by atoms with Gasteiger partial charge in [0.2, 0.25) is 0 Å². The highest BCUT2D eigenvalue weighted by Gasteiger charge is 2.23. The zero-order chi connectivity index (χ0) is 13.2. The number of nitrogens with zero attached hydrogens (tertiary/aromatic N) is 1. The second-order valence-electron chi connectivity index (χ2n) is 3.86. The predicted octanol–water partition coefficient (Wildman–Crippen LogP) is 1.66. The summed E-state index contributed by atoms with van der Waals surface area (Å²) in [4.78, 5) is 12.2. The van der Waals surface area contributed by atoms with Crippen molar-refractivity contribution in [1.82, 2.24) is 4.90 Å². The van der Waals surface area contributed by atoms with Crippen LogP contribution >= 0.6 is 0 Å². The largest absolute Gasteiger partial charge is 0.480 e. The normalized spacial score (nSPS) is 12.8. The van der Waals surface area contributed by atoms with Gasteiger partial charge in [-0.05, 0) is 25.7 Å². The minimum Gasteiger partial charge on any atom is -0.480 e. The molecule has 0 amide bonds. The van der Waals surface area contributed by atoms with Crippen molar-refractivity contribution >= 4 is 5.97 Å². The first kappa shape index (κ1) is 13.5. The minimum absolute atomic E-state index is 0.162. The van der Waals surface area contributed by atoms with Gasteiger partial charge < -0.3 is 5.11 Å². The molecule has 1 aromatic rings. The summed E-state index contributed by atoms with van der Waals surface area (Å²) >= 11 is 0. The maximum Gasteiger partial charge on any atom is 0.321 e. The molecule has 17 heavy (non-hydrogen) atoms. The maximum absolute atomic E-state index is 13.3. The van der Waals surface area contributed by atoms with Crippen LogP contribution in [-0.4, -0.2) is 36.1 Å². The SMILES string of the molecule is CN(C)C(Cc1ccc(F)c(F)c1F)C(=O)O. The molecule has 0 bridgehead atoms. The number of hydrogen-bond donors (Lipinski definition) is 1. The molecule has 1 unspecified atom stereocenters. The first-order chi connectivity index (χ1) is 7.84. The second kappa shape index (κ2) is 5.18. The number of carboxylic acid groups (broad SMARTS) is 1. The van der Waals surface area contributed by atoms with Crippen LogP contribution in [0.3, 0.4) is 0 Å². The van der Waals surface area contributed by atoms with E-state index < -0.39 is 29.5 Å². The topological polar surface area (TPSA) is 40.5 Å². The quantitative estimate of drug-likeness (QED) is 0.823. The summed E-state index contributed by atoms with van der Waals surface area (Å²) in [5.41, 5.74) is -0.162. The molecular formula is C11H12F3NO2. The van der Waals surface area contributed by atoms with Crippen molar-refractivity contribution in [2.24, 2.45) is 0 Å². The van der Waals surface area contributed by atoms with E-state index in [2.05, 4.69) is 0 Å². The van der Waals surface area contributed by atoms with Crippen molar-refractivity contribution in [3.63, 3.8) is 0 Å². The van der Waals surface area contributed by atoms with Crippen LogP contribution in [0, 0.1) is 17.5 Å². The molecule has 0 heterocycles. The van der Waals surface area contributed by atoms with Crippen LogP contribution < -0.4 is 0 Å². The summed E-state index contributed by atoms with van der Waals surface area (Å²) in [5.74, 6) is -5.36. The molecule has 0 saturated carbocycles. The Labute approximate surface area is 96.5 Å². The van der Waals surface area contributed by atoms with Gasteiger partial charge in [-0.2, -0.15) is 0 Å². The van der Waals surface area contributed by atoms with Gasteiger partial charge in [0, 0.05) is 6.42 Å². The third-order valence-corrected chi connectivity index (χ3v) is 2.44. The molecule has 0 aliphatic carbocycles. The van der Waals surface area contributed by atoms with Crippen molar-refractivity contribution in [2.45, 2.75) is 12.5 Å². The third kappa shape index (κ3) is 2.97. The number of hydrogen-bond acceptors (Lipinski definition) is 2. The number of carbonyl (C=O) groups is 1. The van der Waals surface area contributed by atoms with Crippen LogP contribution in [0.4, 0.5) is 13.2 Å². The lowest BCUT2D eigenvalue weighted by Gasteiger charge is -2.20. The summed E-state index contributed by atoms with van der Waals surface area (Å²) in [6.45, 7) is 0. The van der Waals surface area contributed by atoms with E-state index >= 15 is 0 Å². The molecule has 1 N–H and O–H groups in total. The van der Waals surface area contributed by atoms with Crippen LogP contribution in [0.1, 0.15) is 5.56 Å². The van der Waals surface area contributed by atoms with Crippen LogP contribution in [0.25, 0.3) is 0 Å². The summed E-state index contributed by atoms with van der Waals surface area (Å²) in [7, 11) is 3.02. The fraction of sp³-hybridized carbons (Fsp3) is 0.364. The Morgan fingerprint density at radius 3 is 2.35 bits per heavy atom. The van der Waals surface area contributed by atoms with E-state index in [4.69, 9.17) is 5.11 Å². The Bertz CT molecular complexity index is 435. The molecule has 0 saturated heterocycles. The Morgan fingerprint density at radius 2 is 1.88 bits per heavy atom. The molecule has 1 aromatic carbocycles. The van der Waals surface area contributed by atoms with Gasteiger partial charge >= 0.3 is 5.97 Å². The first-order valence-electron chi connectivity index (χ1n) is 4.86. The lowest BCUT2D eigenvalue weighted by Crippen LogP contribution is -2.37. The number of aliphatic carboxylic acids is 1. The average molecular weight is 247 g/mol. The smallest absolute Gasteiger partial charge is 0.321 e. The fourth-order valence-corrected chi connectivity index (χ4v) is 1.42. The Morgan fingerprint density at radius 1 is 1.29 bits per heavy atom. The molecule has 0 aliphatic rings. The number of carboxylic acids is 1. The molecule has 0 fully saturated rings. The predicted molar refractivity (Wildman–Crippen MR) is 55.1 cm³/mol. The third-order valence-electron chi connectivity index (χ3n) is 2.44. The van der Waals surface area contributed by atoms with E-state index in [0.29, 0.717) is 0 Å². The summed E-state index contributed by atoms with van der Waals surface area (Å²) in [6.07, 6.45) is -0.231. The highest BCUT2D eigenvalue weighted by atomic mass is 19.2. The van der Waals surface area contributed by atoms with Crippen molar-refractivity contribution < 1.29 is 23.1 Å². The van der Waals surface area contributed by atoms with Crippen molar-refractivity contribution in [3.05, 3.63) is 35.1 Å². The zero-order valence-electron chi connectivity index (χ0n) is 9.38. The van der Waals surface area contributed by atoms with E-state index in [9.17, 15) is 18.0 Å². The summed E-state index contributed by atoms with van der Waals surface area (Å²) < 4.78 is 38.9. The number of halogens is 3. The van der Waals surface area contributed by atoms with Crippen LogP contribution in [0.15, 0.2) is 12.1 Å². The summed E-state index contributed by atoms with van der Waals surface area (Å²) in [5, 5.41) is 8.89. The monoisotopic (exact) mass is 247 g/mol. The van der Waals surface area contributed by atoms with Gasteiger partial charge in [-0.25, -0.2) is 13.2 Å². The van der Waals surface area contributed by atoms with E-state index in [-0.39, 0.29) is 12.0 Å². The van der Waals surface area contributed by atoms with E-state index in [1.165, 1.54) is 19.0 Å². The van der Waals surface area contributed by atoms with Gasteiger partial charge in [0.25, 0.3) is 0 Å². The van der Waals surface area contributed by atoms with Crippen LogP contribution in [0.5, 0.6) is 0 Å². The van der Waals surface area contributed by atoms with Gasteiger partial charge in [-0.1, -0.05) is 6.07 Å². The van der Waals surface area contributed by atoms with Crippen LogP contribution in [-0.2, 0) is 11.2 Å². The lowest BCUT2D eigenvalue weighted by molar-refractivity contribution is -0.142. The molecular weight excluding hydrogens is 235 g/mol. The number of rotatable bonds is 4. The van der Waals surface area contributed by atoms with Gasteiger partial charge in [0.05, 0.1) is 0 Å². The Kier molecular flexibility index (Phi) is 4.11. The molecule has 0 aliphatic heterocycles. The highest BCUT2D eigenvalue weighted by molar-refractivity contribution is 5.73. The Hall–Kier alpha value is -1.56. The van der Waals surface area contributed by atoms with E-state index in [1.807, 2.05) is 0 Å². The molecule has 3 nitrogen and oxygen atoms in total. The number of benzene rings is 1. The fourth-order valence-electron chi connectivity index (χ4n) is 1.42. The van der Waals surface area contributed by atoms with E-state index in [1.54, 1.807) is 0 Å². The van der Waals surface area contributed by atoms with Gasteiger partial charge in [-0.3, -0.25) is 9.69 Å². The van der Waals surface area contributed by atoms with Crippen molar-refractivity contribution in [3.8, 4) is 0 Å². The molecule has 1 atom stereocenters. The number of likely N-dealkylation sites (N-methyl/N-ethyl adjacent to an activating group) is 1. The molecule has 0 aromatic heterocycles. The zero-order valence-corrected chi connectivity index (χ0v) is 9.38. The Balaban J connectivity index is 3.02. The standard InChI is InChI=1S/C11H12F3NO2/c1-15(2)8(11(16)17)5-6-3-4-7(12)10(14)9(6)13/h3-4,8H,5H2,1-2H3,(H,16,17). The molecule has 94 valence electrons. The van der Waals surface area contributed by atoms with E-state index in [0.717, 1.165) is 12.1 Å². The van der Waals surface area contributed by atoms with Crippen LogP contribution in [0.2, 0.25) is 0 Å². The molecule has 0 spiro atoms. The minimum atomic E-state index is -1.58. The average Bonchev–Trinajstić information content (AvgIpc) is 2.24. The first-order valence-corrected chi connectivity index (χ1v) is 4.86. The summed E-state index contributed by atoms with van der Waals surface area (Å²) in [6, 6.07) is 0.838. The maximum atomic E-state index is 13.3. The highest BCUT2D eigenvalue weighted by Crippen LogP contribution is 2.17. The second-order valence-corrected chi connectivity index (χ2v) is 3.86. The van der Waals surface area contributed by atoms with Gasteiger partial charge in [0.15, 0.2) is 17.5 Å². The van der Waals surface area contributed by atoms with Crippen molar-refractivity contribution in [2.75, 3.05) is 14.1 Å². The van der Waals surface area contributed by atoms with Gasteiger partial charge in [-0.15, -0.1) is 0 Å². The van der Waals surface area contributed by atoms with Gasteiger partial charge in [0.1, 0.15) is 6.04 Å². The molecule has 1 rings (SSSR count).